The molecule has 1 aromatic carbocycles. The van der Waals surface area contributed by atoms with E-state index in [0.717, 1.165) is 32.3 Å². The standard InChI is InChI=1S/C22H20BrClN4O2/c1-3-20(30)27-10-15(11-27)26-19(29)12-28-13(2)21(16-5-4-8-25-22(16)23)17-9-14(24)6-7-18(17)28/h3-9,15H,1,10-12H2,2H3,(H,26,29). The Morgan fingerprint density at radius 1 is 1.37 bits per heavy atom. The second-order valence-corrected chi connectivity index (χ2v) is 8.45. The van der Waals surface area contributed by atoms with Crippen LogP contribution in [0.2, 0.25) is 5.02 Å². The van der Waals surface area contributed by atoms with Gasteiger partial charge in [-0.1, -0.05) is 24.2 Å². The van der Waals surface area contributed by atoms with Crippen LogP contribution in [0.1, 0.15) is 5.69 Å². The molecule has 0 bridgehead atoms. The molecular formula is C22H20BrClN4O2. The monoisotopic (exact) mass is 486 g/mol. The van der Waals surface area contributed by atoms with Crippen molar-refractivity contribution in [1.82, 2.24) is 19.8 Å². The van der Waals surface area contributed by atoms with Crippen molar-refractivity contribution in [3.05, 3.63) is 64.5 Å². The molecule has 0 spiro atoms. The van der Waals surface area contributed by atoms with Gasteiger partial charge >= 0.3 is 0 Å². The summed E-state index contributed by atoms with van der Waals surface area (Å²) in [4.78, 5) is 30.3. The molecule has 1 saturated heterocycles. The van der Waals surface area contributed by atoms with Gasteiger partial charge in [0.25, 0.3) is 0 Å². The molecule has 4 rings (SSSR count). The second-order valence-electron chi connectivity index (χ2n) is 7.26. The summed E-state index contributed by atoms with van der Waals surface area (Å²) in [6.45, 7) is 6.66. The lowest BCUT2D eigenvalue weighted by Crippen LogP contribution is -2.61. The van der Waals surface area contributed by atoms with E-state index in [0.29, 0.717) is 18.1 Å². The Kier molecular flexibility index (Phi) is 5.66. The Morgan fingerprint density at radius 2 is 2.13 bits per heavy atom. The van der Waals surface area contributed by atoms with E-state index in [4.69, 9.17) is 11.6 Å². The van der Waals surface area contributed by atoms with Crippen LogP contribution in [0.3, 0.4) is 0 Å². The number of nitrogens with zero attached hydrogens (tertiary/aromatic N) is 3. The largest absolute Gasteiger partial charge is 0.348 e. The first-order valence-electron chi connectivity index (χ1n) is 9.49. The fraction of sp³-hybridized carbons (Fsp3) is 0.227. The fourth-order valence-electron chi connectivity index (χ4n) is 3.87. The third-order valence-corrected chi connectivity index (χ3v) is 6.22. The summed E-state index contributed by atoms with van der Waals surface area (Å²) < 4.78 is 2.72. The first kappa shape index (κ1) is 20.6. The number of hydrogen-bond donors (Lipinski definition) is 1. The van der Waals surface area contributed by atoms with E-state index in [-0.39, 0.29) is 24.4 Å². The molecule has 2 amide bonds. The van der Waals surface area contributed by atoms with Crippen molar-refractivity contribution in [3.63, 3.8) is 0 Å². The number of pyridine rings is 1. The molecule has 154 valence electrons. The van der Waals surface area contributed by atoms with Crippen molar-refractivity contribution in [2.75, 3.05) is 13.1 Å². The molecule has 1 fully saturated rings. The zero-order chi connectivity index (χ0) is 21.4. The lowest BCUT2D eigenvalue weighted by Gasteiger charge is -2.38. The van der Waals surface area contributed by atoms with Crippen LogP contribution < -0.4 is 5.32 Å². The number of nitrogens with one attached hydrogen (secondary N) is 1. The SMILES string of the molecule is C=CC(=O)N1CC(NC(=O)Cn2c(C)c(-c3cccnc3Br)c3cc(Cl)ccc32)C1. The Bertz CT molecular complexity index is 1170. The van der Waals surface area contributed by atoms with Crippen molar-refractivity contribution in [3.8, 4) is 11.1 Å². The van der Waals surface area contributed by atoms with Crippen LogP contribution in [0.15, 0.2) is 53.8 Å². The van der Waals surface area contributed by atoms with E-state index < -0.39 is 0 Å². The molecule has 2 aromatic heterocycles. The van der Waals surface area contributed by atoms with Crippen molar-refractivity contribution in [1.29, 1.82) is 0 Å². The molecule has 0 radical (unpaired) electrons. The van der Waals surface area contributed by atoms with Crippen molar-refractivity contribution in [2.24, 2.45) is 0 Å². The number of rotatable bonds is 5. The fourth-order valence-corrected chi connectivity index (χ4v) is 4.49. The molecule has 1 aliphatic heterocycles. The van der Waals surface area contributed by atoms with Gasteiger partial charge in [0.15, 0.2) is 0 Å². The Morgan fingerprint density at radius 3 is 2.83 bits per heavy atom. The molecule has 3 aromatic rings. The van der Waals surface area contributed by atoms with Crippen LogP contribution >= 0.6 is 27.5 Å². The third kappa shape index (κ3) is 3.75. The minimum atomic E-state index is -0.115. The quantitative estimate of drug-likeness (QED) is 0.438. The lowest BCUT2D eigenvalue weighted by atomic mass is 10.0. The molecule has 1 N–H and O–H groups in total. The van der Waals surface area contributed by atoms with E-state index in [1.54, 1.807) is 11.1 Å². The smallest absolute Gasteiger partial charge is 0.246 e. The van der Waals surface area contributed by atoms with Gasteiger partial charge in [0.2, 0.25) is 11.8 Å². The van der Waals surface area contributed by atoms with E-state index >= 15 is 0 Å². The molecule has 0 unspecified atom stereocenters. The lowest BCUT2D eigenvalue weighted by molar-refractivity contribution is -0.133. The molecule has 0 aliphatic carbocycles. The summed E-state index contributed by atoms with van der Waals surface area (Å²) in [6, 6.07) is 9.50. The normalized spacial score (nSPS) is 13.9. The number of carbonyl (C=O) groups excluding carboxylic acids is 2. The van der Waals surface area contributed by atoms with Crippen LogP contribution in [-0.2, 0) is 16.1 Å². The maximum Gasteiger partial charge on any atom is 0.246 e. The van der Waals surface area contributed by atoms with Gasteiger partial charge in [0, 0.05) is 52.0 Å². The maximum absolute atomic E-state index is 12.7. The number of carbonyl (C=O) groups is 2. The molecule has 6 nitrogen and oxygen atoms in total. The van der Waals surface area contributed by atoms with Gasteiger partial charge in [-0.05, 0) is 53.2 Å². The Hall–Kier alpha value is -2.64. The predicted molar refractivity (Wildman–Crippen MR) is 121 cm³/mol. The third-order valence-electron chi connectivity index (χ3n) is 5.35. The zero-order valence-electron chi connectivity index (χ0n) is 16.4. The van der Waals surface area contributed by atoms with E-state index in [2.05, 4.69) is 32.8 Å². The summed E-state index contributed by atoms with van der Waals surface area (Å²) in [5, 5.41) is 4.60. The first-order chi connectivity index (χ1) is 14.4. The summed E-state index contributed by atoms with van der Waals surface area (Å²) >= 11 is 9.81. The number of aromatic nitrogens is 2. The topological polar surface area (TPSA) is 67.2 Å². The van der Waals surface area contributed by atoms with Gasteiger partial charge in [-0.3, -0.25) is 9.59 Å². The minimum Gasteiger partial charge on any atom is -0.348 e. The average molecular weight is 488 g/mol. The Balaban J connectivity index is 1.63. The molecule has 0 saturated carbocycles. The van der Waals surface area contributed by atoms with Gasteiger partial charge in [-0.2, -0.15) is 0 Å². The van der Waals surface area contributed by atoms with Crippen LogP contribution in [0.4, 0.5) is 0 Å². The highest BCUT2D eigenvalue weighted by Crippen LogP contribution is 2.38. The molecular weight excluding hydrogens is 468 g/mol. The molecule has 0 atom stereocenters. The molecule has 3 heterocycles. The molecule has 30 heavy (non-hydrogen) atoms. The number of amides is 2. The summed E-state index contributed by atoms with van der Waals surface area (Å²) in [5.74, 6) is -0.214. The van der Waals surface area contributed by atoms with Crippen molar-refractivity contribution in [2.45, 2.75) is 19.5 Å². The highest BCUT2D eigenvalue weighted by atomic mass is 79.9. The second kappa shape index (κ2) is 8.24. The van der Waals surface area contributed by atoms with Gasteiger partial charge in [-0.15, -0.1) is 0 Å². The zero-order valence-corrected chi connectivity index (χ0v) is 18.7. The molecule has 1 aliphatic rings. The van der Waals surface area contributed by atoms with Gasteiger partial charge in [0.05, 0.1) is 6.04 Å². The number of fused-ring (bicyclic) bond motifs is 1. The number of hydrogen-bond acceptors (Lipinski definition) is 3. The van der Waals surface area contributed by atoms with E-state index in [1.165, 1.54) is 6.08 Å². The maximum atomic E-state index is 12.7. The van der Waals surface area contributed by atoms with Gasteiger partial charge < -0.3 is 14.8 Å². The van der Waals surface area contributed by atoms with E-state index in [9.17, 15) is 9.59 Å². The van der Waals surface area contributed by atoms with Crippen LogP contribution in [-0.4, -0.2) is 45.4 Å². The predicted octanol–water partition coefficient (Wildman–Crippen LogP) is 3.94. The van der Waals surface area contributed by atoms with Crippen LogP contribution in [0.25, 0.3) is 22.0 Å². The van der Waals surface area contributed by atoms with Crippen molar-refractivity contribution >= 4 is 50.2 Å². The van der Waals surface area contributed by atoms with Crippen LogP contribution in [0, 0.1) is 6.92 Å². The van der Waals surface area contributed by atoms with Crippen LogP contribution in [0.5, 0.6) is 0 Å². The summed E-state index contributed by atoms with van der Waals surface area (Å²) in [6.07, 6.45) is 3.01. The highest BCUT2D eigenvalue weighted by molar-refractivity contribution is 9.10. The number of benzene rings is 1. The highest BCUT2D eigenvalue weighted by Gasteiger charge is 2.30. The molecule has 8 heteroatoms. The van der Waals surface area contributed by atoms with Gasteiger partial charge in [-0.25, -0.2) is 4.98 Å². The number of likely N-dealkylation sites (tertiary alicyclic amines) is 1. The summed E-state index contributed by atoms with van der Waals surface area (Å²) in [7, 11) is 0. The number of halogens is 2. The minimum absolute atomic E-state index is 0.0371. The van der Waals surface area contributed by atoms with Gasteiger partial charge in [0.1, 0.15) is 11.1 Å². The Labute approximate surface area is 187 Å². The van der Waals surface area contributed by atoms with Crippen molar-refractivity contribution < 1.29 is 9.59 Å². The first-order valence-corrected chi connectivity index (χ1v) is 10.7. The average Bonchev–Trinajstić information content (AvgIpc) is 2.95. The summed E-state index contributed by atoms with van der Waals surface area (Å²) in [5.41, 5.74) is 3.81. The van der Waals surface area contributed by atoms with E-state index in [1.807, 2.05) is 41.8 Å².